The monoisotopic (exact) mass is 198 g/mol. The molecule has 7 nitrogen and oxygen atoms in total. The number of hydrogen-bond acceptors (Lipinski definition) is 4. The van der Waals surface area contributed by atoms with Crippen LogP contribution in [0.25, 0.3) is 0 Å². The molecule has 0 fully saturated rings. The molecule has 0 aromatic carbocycles. The molecule has 2 unspecified atom stereocenters. The fourth-order valence-electron chi connectivity index (χ4n) is 0. The van der Waals surface area contributed by atoms with Crippen molar-refractivity contribution in [2.24, 2.45) is 0 Å². The molecule has 0 heterocycles. The molecule has 0 radical (unpaired) electrons. The Hall–Kier alpha value is -1.18. The zero-order chi connectivity index (χ0) is 10.3. The van der Waals surface area contributed by atoms with Crippen LogP contribution in [0.15, 0.2) is 0 Å². The molecule has 0 saturated heterocycles. The lowest BCUT2D eigenvalue weighted by Crippen LogP contribution is -2.13. The van der Waals surface area contributed by atoms with Crippen LogP contribution in [0.1, 0.15) is 13.8 Å². The second-order valence-corrected chi connectivity index (χ2v) is 2.03. The summed E-state index contributed by atoms with van der Waals surface area (Å²) in [6, 6.07) is 0. The van der Waals surface area contributed by atoms with Crippen molar-refractivity contribution < 1.29 is 35.5 Å². The second-order valence-electron chi connectivity index (χ2n) is 2.03. The van der Waals surface area contributed by atoms with Gasteiger partial charge < -0.3 is 25.9 Å². The van der Waals surface area contributed by atoms with E-state index < -0.39 is 24.1 Å². The molecule has 0 amide bonds. The third kappa shape index (κ3) is 18.1. The van der Waals surface area contributed by atoms with Crippen molar-refractivity contribution in [3.05, 3.63) is 0 Å². The summed E-state index contributed by atoms with van der Waals surface area (Å²) in [5.41, 5.74) is 0. The van der Waals surface area contributed by atoms with Crippen LogP contribution in [0.2, 0.25) is 0 Å². The Morgan fingerprint density at radius 1 is 0.923 bits per heavy atom. The Bertz CT molecular complexity index is 133. The highest BCUT2D eigenvalue weighted by molar-refractivity contribution is 5.71. The minimum Gasteiger partial charge on any atom is -0.479 e. The highest BCUT2D eigenvalue weighted by Crippen LogP contribution is 1.73. The van der Waals surface area contributed by atoms with E-state index in [4.69, 9.17) is 20.4 Å². The molecule has 2 atom stereocenters. The molecule has 6 N–H and O–H groups in total. The van der Waals surface area contributed by atoms with E-state index >= 15 is 0 Å². The third-order valence-corrected chi connectivity index (χ3v) is 0.715. The molecule has 13 heavy (non-hydrogen) atoms. The van der Waals surface area contributed by atoms with E-state index in [0.717, 1.165) is 0 Å². The number of carboxylic acid groups (broad SMARTS) is 2. The Morgan fingerprint density at radius 3 is 1.00 bits per heavy atom. The van der Waals surface area contributed by atoms with Gasteiger partial charge >= 0.3 is 11.9 Å². The molecule has 0 aliphatic heterocycles. The van der Waals surface area contributed by atoms with Gasteiger partial charge in [0.15, 0.2) is 0 Å². The molecule has 0 aromatic rings. The van der Waals surface area contributed by atoms with E-state index in [9.17, 15) is 9.59 Å². The SMILES string of the molecule is CC(O)C(=O)O.CC(O)C(=O)O.O. The summed E-state index contributed by atoms with van der Waals surface area (Å²) in [7, 11) is 0. The van der Waals surface area contributed by atoms with Crippen LogP contribution in [0.3, 0.4) is 0 Å². The van der Waals surface area contributed by atoms with Gasteiger partial charge in [0.25, 0.3) is 0 Å². The van der Waals surface area contributed by atoms with Crippen molar-refractivity contribution in [1.29, 1.82) is 0 Å². The predicted octanol–water partition coefficient (Wildman–Crippen LogP) is -1.92. The maximum atomic E-state index is 9.45. The Balaban J connectivity index is -0.000000143. The fraction of sp³-hybridized carbons (Fsp3) is 0.667. The summed E-state index contributed by atoms with van der Waals surface area (Å²) >= 11 is 0. The Kier molecular flexibility index (Phi) is 12.2. The topological polar surface area (TPSA) is 147 Å². The summed E-state index contributed by atoms with van der Waals surface area (Å²) in [4.78, 5) is 18.9. The van der Waals surface area contributed by atoms with E-state index in [2.05, 4.69) is 0 Å². The lowest BCUT2D eigenvalue weighted by atomic mass is 10.4. The molecule has 0 bridgehead atoms. The van der Waals surface area contributed by atoms with E-state index in [-0.39, 0.29) is 5.48 Å². The summed E-state index contributed by atoms with van der Waals surface area (Å²) in [6.07, 6.45) is -2.46. The Labute approximate surface area is 74.6 Å². The predicted molar refractivity (Wildman–Crippen MR) is 42.2 cm³/mol. The zero-order valence-corrected chi connectivity index (χ0v) is 7.26. The van der Waals surface area contributed by atoms with Crippen LogP contribution in [-0.2, 0) is 9.59 Å². The maximum Gasteiger partial charge on any atom is 0.332 e. The summed E-state index contributed by atoms with van der Waals surface area (Å²) in [6.45, 7) is 2.39. The van der Waals surface area contributed by atoms with Crippen molar-refractivity contribution in [2.45, 2.75) is 26.1 Å². The van der Waals surface area contributed by atoms with Gasteiger partial charge in [-0.3, -0.25) is 0 Å². The molecule has 0 spiro atoms. The molecule has 0 rings (SSSR count). The third-order valence-electron chi connectivity index (χ3n) is 0.715. The first-order chi connectivity index (χ1) is 5.29. The number of aliphatic hydroxyl groups excluding tert-OH is 2. The lowest BCUT2D eigenvalue weighted by Gasteiger charge is -1.89. The number of hydrogen-bond donors (Lipinski definition) is 4. The average molecular weight is 198 g/mol. The van der Waals surface area contributed by atoms with Crippen molar-refractivity contribution in [2.75, 3.05) is 0 Å². The average Bonchev–Trinajstić information content (AvgIpc) is 1.88. The van der Waals surface area contributed by atoms with E-state index in [1.54, 1.807) is 0 Å². The summed E-state index contributed by atoms with van der Waals surface area (Å²) in [5.74, 6) is -2.37. The molecule has 0 aliphatic rings. The maximum absolute atomic E-state index is 9.45. The van der Waals surface area contributed by atoms with E-state index in [0.29, 0.717) is 0 Å². The molecule has 0 aromatic heterocycles. The van der Waals surface area contributed by atoms with Crippen molar-refractivity contribution in [3.63, 3.8) is 0 Å². The minimum atomic E-state index is -1.23. The summed E-state index contributed by atoms with van der Waals surface area (Å²) in [5, 5.41) is 31.5. The number of aliphatic carboxylic acids is 2. The molecule has 0 aliphatic carbocycles. The van der Waals surface area contributed by atoms with Crippen LogP contribution in [0, 0.1) is 0 Å². The number of rotatable bonds is 2. The van der Waals surface area contributed by atoms with Crippen LogP contribution < -0.4 is 0 Å². The molecule has 80 valence electrons. The van der Waals surface area contributed by atoms with Crippen LogP contribution in [0.5, 0.6) is 0 Å². The first kappa shape index (κ1) is 17.8. The zero-order valence-electron chi connectivity index (χ0n) is 7.26. The minimum absolute atomic E-state index is 0. The normalized spacial score (nSPS) is 12.6. The first-order valence-electron chi connectivity index (χ1n) is 3.10. The van der Waals surface area contributed by atoms with Gasteiger partial charge in [-0.1, -0.05) is 0 Å². The molecule has 7 heteroatoms. The van der Waals surface area contributed by atoms with Gasteiger partial charge in [-0.05, 0) is 13.8 Å². The molecule has 0 saturated carbocycles. The first-order valence-corrected chi connectivity index (χ1v) is 3.10. The molecular weight excluding hydrogens is 184 g/mol. The summed E-state index contributed by atoms with van der Waals surface area (Å²) < 4.78 is 0. The lowest BCUT2D eigenvalue weighted by molar-refractivity contribution is -0.146. The van der Waals surface area contributed by atoms with E-state index in [1.165, 1.54) is 13.8 Å². The van der Waals surface area contributed by atoms with Crippen molar-refractivity contribution >= 4 is 11.9 Å². The largest absolute Gasteiger partial charge is 0.479 e. The quantitative estimate of drug-likeness (QED) is 0.406. The Morgan fingerprint density at radius 2 is 1.00 bits per heavy atom. The van der Waals surface area contributed by atoms with Crippen LogP contribution in [-0.4, -0.2) is 50.0 Å². The van der Waals surface area contributed by atoms with Gasteiger partial charge in [-0.25, -0.2) is 9.59 Å². The number of carboxylic acids is 2. The van der Waals surface area contributed by atoms with Gasteiger partial charge in [0.2, 0.25) is 0 Å². The van der Waals surface area contributed by atoms with Gasteiger partial charge in [-0.2, -0.15) is 0 Å². The van der Waals surface area contributed by atoms with Gasteiger partial charge in [0.1, 0.15) is 12.2 Å². The van der Waals surface area contributed by atoms with Gasteiger partial charge in [-0.15, -0.1) is 0 Å². The number of carbonyl (C=O) groups is 2. The molecular formula is C6H14O7. The van der Waals surface area contributed by atoms with Crippen LogP contribution >= 0.6 is 0 Å². The highest BCUT2D eigenvalue weighted by atomic mass is 16.4. The number of aliphatic hydroxyl groups is 2. The fourth-order valence-corrected chi connectivity index (χ4v) is 0. The highest BCUT2D eigenvalue weighted by Gasteiger charge is 2.01. The van der Waals surface area contributed by atoms with Crippen LogP contribution in [0.4, 0.5) is 0 Å². The van der Waals surface area contributed by atoms with Gasteiger partial charge in [0.05, 0.1) is 0 Å². The standard InChI is InChI=1S/2C3H6O3.H2O/c2*1-2(4)3(5)6;/h2*2,4H,1H3,(H,5,6);1H2. The van der Waals surface area contributed by atoms with Crippen molar-refractivity contribution in [1.82, 2.24) is 0 Å². The van der Waals surface area contributed by atoms with E-state index in [1.807, 2.05) is 0 Å². The second kappa shape index (κ2) is 8.91. The van der Waals surface area contributed by atoms with Crippen molar-refractivity contribution in [3.8, 4) is 0 Å². The smallest absolute Gasteiger partial charge is 0.332 e. The van der Waals surface area contributed by atoms with Gasteiger partial charge in [0, 0.05) is 0 Å².